The van der Waals surface area contributed by atoms with E-state index < -0.39 is 0 Å². The fourth-order valence-electron chi connectivity index (χ4n) is 3.17. The fraction of sp³-hybridized carbons (Fsp3) is 0.647. The van der Waals surface area contributed by atoms with Gasteiger partial charge in [-0.1, -0.05) is 62.0 Å². The van der Waals surface area contributed by atoms with Crippen LogP contribution in [0.1, 0.15) is 52.9 Å². The number of benzene rings is 1. The van der Waals surface area contributed by atoms with Gasteiger partial charge in [0, 0.05) is 6.04 Å². The Bertz CT molecular complexity index is 494. The van der Waals surface area contributed by atoms with E-state index in [0.29, 0.717) is 26.5 Å². The van der Waals surface area contributed by atoms with Crippen molar-refractivity contribution in [2.45, 2.75) is 58.9 Å². The summed E-state index contributed by atoms with van der Waals surface area (Å²) < 4.78 is 0. The summed E-state index contributed by atoms with van der Waals surface area (Å²) in [5.41, 5.74) is 1.29. The molecule has 1 aromatic carbocycles. The van der Waals surface area contributed by atoms with Crippen LogP contribution in [0.15, 0.2) is 12.1 Å². The predicted molar refractivity (Wildman–Crippen MR) is 94.9 cm³/mol. The molecular weight excluding hydrogens is 325 g/mol. The number of hydrogen-bond donors (Lipinski definition) is 1. The minimum atomic E-state index is 0.399. The minimum Gasteiger partial charge on any atom is -0.381 e. The molecule has 2 atom stereocenters. The maximum Gasteiger partial charge on any atom is 0.0653 e. The summed E-state index contributed by atoms with van der Waals surface area (Å²) in [5, 5.41) is 5.24. The predicted octanol–water partition coefficient (Wildman–Crippen LogP) is 7.05. The summed E-state index contributed by atoms with van der Waals surface area (Å²) >= 11 is 18.3. The molecule has 0 radical (unpaired) electrons. The lowest BCUT2D eigenvalue weighted by molar-refractivity contribution is 0.214. The Morgan fingerprint density at radius 1 is 0.905 bits per heavy atom. The molecule has 0 aromatic heterocycles. The smallest absolute Gasteiger partial charge is 0.0653 e. The van der Waals surface area contributed by atoms with Crippen LogP contribution in [0.25, 0.3) is 0 Å². The van der Waals surface area contributed by atoms with Gasteiger partial charge in [0.15, 0.2) is 0 Å². The molecule has 0 aliphatic heterocycles. The zero-order chi connectivity index (χ0) is 15.6. The van der Waals surface area contributed by atoms with Gasteiger partial charge in [-0.25, -0.2) is 0 Å². The van der Waals surface area contributed by atoms with Gasteiger partial charge in [-0.3, -0.25) is 0 Å². The van der Waals surface area contributed by atoms with Gasteiger partial charge in [0.05, 0.1) is 20.8 Å². The third kappa shape index (κ3) is 4.68. The topological polar surface area (TPSA) is 12.0 Å². The van der Waals surface area contributed by atoms with E-state index in [0.717, 1.165) is 11.6 Å². The molecule has 2 unspecified atom stereocenters. The molecular formula is C17H24Cl3N. The van der Waals surface area contributed by atoms with E-state index in [9.17, 15) is 0 Å². The van der Waals surface area contributed by atoms with Gasteiger partial charge in [-0.15, -0.1) is 0 Å². The summed E-state index contributed by atoms with van der Waals surface area (Å²) in [7, 11) is 0. The molecule has 21 heavy (non-hydrogen) atoms. The van der Waals surface area contributed by atoms with Crippen molar-refractivity contribution in [3.63, 3.8) is 0 Å². The van der Waals surface area contributed by atoms with Gasteiger partial charge < -0.3 is 5.32 Å². The van der Waals surface area contributed by atoms with Crippen molar-refractivity contribution in [3.8, 4) is 0 Å². The highest BCUT2D eigenvalue weighted by molar-refractivity contribution is 6.44. The Morgan fingerprint density at radius 3 is 2.24 bits per heavy atom. The van der Waals surface area contributed by atoms with Gasteiger partial charge in [0.2, 0.25) is 0 Å². The summed E-state index contributed by atoms with van der Waals surface area (Å²) in [4.78, 5) is 0. The molecule has 1 aliphatic rings. The Morgan fingerprint density at radius 2 is 1.57 bits per heavy atom. The maximum absolute atomic E-state index is 6.26. The number of halogens is 3. The molecule has 4 heteroatoms. The first-order valence-corrected chi connectivity index (χ1v) is 8.82. The van der Waals surface area contributed by atoms with Crippen LogP contribution >= 0.6 is 34.8 Å². The molecule has 1 aliphatic carbocycles. The van der Waals surface area contributed by atoms with Crippen molar-refractivity contribution in [2.24, 2.45) is 11.3 Å². The van der Waals surface area contributed by atoms with Crippen LogP contribution in [-0.4, -0.2) is 6.04 Å². The van der Waals surface area contributed by atoms with Gasteiger partial charge in [0.25, 0.3) is 0 Å². The van der Waals surface area contributed by atoms with E-state index in [-0.39, 0.29) is 0 Å². The van der Waals surface area contributed by atoms with E-state index in [1.54, 1.807) is 6.07 Å². The lowest BCUT2D eigenvalue weighted by Crippen LogP contribution is -2.21. The SMILES string of the molecule is CC(C)(C)C1CCCC(Nc2cc(Cl)c(Cl)cc2Cl)CC1. The van der Waals surface area contributed by atoms with Crippen molar-refractivity contribution in [1.29, 1.82) is 0 Å². The van der Waals surface area contributed by atoms with Gasteiger partial charge in [-0.2, -0.15) is 0 Å². The molecule has 0 saturated heterocycles. The second-order valence-corrected chi connectivity index (χ2v) is 8.38. The van der Waals surface area contributed by atoms with E-state index >= 15 is 0 Å². The van der Waals surface area contributed by atoms with E-state index in [2.05, 4.69) is 26.1 Å². The van der Waals surface area contributed by atoms with E-state index in [1.165, 1.54) is 32.1 Å². The van der Waals surface area contributed by atoms with Gasteiger partial charge in [-0.05, 0) is 49.1 Å². The number of nitrogens with one attached hydrogen (secondary N) is 1. The normalized spacial score (nSPS) is 23.7. The largest absolute Gasteiger partial charge is 0.381 e. The van der Waals surface area contributed by atoms with Crippen molar-refractivity contribution >= 4 is 40.5 Å². The molecule has 1 fully saturated rings. The van der Waals surface area contributed by atoms with Crippen LogP contribution in [0.2, 0.25) is 15.1 Å². The van der Waals surface area contributed by atoms with Crippen molar-refractivity contribution in [3.05, 3.63) is 27.2 Å². The average molecular weight is 349 g/mol. The highest BCUT2D eigenvalue weighted by atomic mass is 35.5. The molecule has 118 valence electrons. The van der Waals surface area contributed by atoms with Crippen molar-refractivity contribution in [2.75, 3.05) is 5.32 Å². The zero-order valence-electron chi connectivity index (χ0n) is 13.0. The summed E-state index contributed by atoms with van der Waals surface area (Å²) in [6.45, 7) is 7.05. The Balaban J connectivity index is 2.03. The van der Waals surface area contributed by atoms with Gasteiger partial charge in [0.1, 0.15) is 0 Å². The minimum absolute atomic E-state index is 0.399. The number of hydrogen-bond acceptors (Lipinski definition) is 1. The standard InChI is InChI=1S/C17H24Cl3N/c1-17(2,3)11-5-4-6-12(8-7-11)21-16-10-14(19)13(18)9-15(16)20/h9-12,21H,4-8H2,1-3H3. The highest BCUT2D eigenvalue weighted by Crippen LogP contribution is 2.38. The zero-order valence-corrected chi connectivity index (χ0v) is 15.2. The van der Waals surface area contributed by atoms with Crippen LogP contribution in [0.4, 0.5) is 5.69 Å². The fourth-order valence-corrected chi connectivity index (χ4v) is 3.77. The van der Waals surface area contributed by atoms with Crippen LogP contribution in [0.3, 0.4) is 0 Å². The summed E-state index contributed by atoms with van der Waals surface area (Å²) in [5.74, 6) is 0.800. The maximum atomic E-state index is 6.26. The van der Waals surface area contributed by atoms with Crippen LogP contribution in [0.5, 0.6) is 0 Å². The molecule has 1 nitrogen and oxygen atoms in total. The number of rotatable bonds is 2. The molecule has 0 bridgehead atoms. The monoisotopic (exact) mass is 347 g/mol. The van der Waals surface area contributed by atoms with E-state index in [1.807, 2.05) is 6.07 Å². The quantitative estimate of drug-likeness (QED) is 0.446. The van der Waals surface area contributed by atoms with Crippen molar-refractivity contribution in [1.82, 2.24) is 0 Å². The second-order valence-electron chi connectivity index (χ2n) is 7.16. The van der Waals surface area contributed by atoms with Crippen molar-refractivity contribution < 1.29 is 0 Å². The Hall–Kier alpha value is -0.110. The van der Waals surface area contributed by atoms with Crippen LogP contribution < -0.4 is 5.32 Å². The Labute approximate surface area is 143 Å². The third-order valence-corrected chi connectivity index (χ3v) is 5.60. The Kier molecular flexibility index (Phi) is 5.73. The first kappa shape index (κ1) is 17.2. The highest BCUT2D eigenvalue weighted by Gasteiger charge is 2.27. The first-order chi connectivity index (χ1) is 9.77. The molecule has 1 N–H and O–H groups in total. The second kappa shape index (κ2) is 6.98. The van der Waals surface area contributed by atoms with Crippen LogP contribution in [0, 0.1) is 11.3 Å². The summed E-state index contributed by atoms with van der Waals surface area (Å²) in [6.07, 6.45) is 6.21. The number of anilines is 1. The molecule has 2 rings (SSSR count). The molecule has 0 spiro atoms. The molecule has 1 saturated carbocycles. The molecule has 1 aromatic rings. The lowest BCUT2D eigenvalue weighted by Gasteiger charge is -2.29. The summed E-state index contributed by atoms with van der Waals surface area (Å²) in [6, 6.07) is 4.01. The molecule has 0 heterocycles. The lowest BCUT2D eigenvalue weighted by atomic mass is 9.76. The van der Waals surface area contributed by atoms with E-state index in [4.69, 9.17) is 34.8 Å². The van der Waals surface area contributed by atoms with Gasteiger partial charge >= 0.3 is 0 Å². The third-order valence-electron chi connectivity index (χ3n) is 4.56. The molecule has 0 amide bonds. The first-order valence-electron chi connectivity index (χ1n) is 7.68. The van der Waals surface area contributed by atoms with Crippen LogP contribution in [-0.2, 0) is 0 Å². The average Bonchev–Trinajstić information content (AvgIpc) is 2.61.